The molecule has 0 radical (unpaired) electrons. The van der Waals surface area contributed by atoms with Crippen molar-refractivity contribution in [3.05, 3.63) is 52.7 Å². The minimum Gasteiger partial charge on any atom is -0.492 e. The molecule has 0 aliphatic carbocycles. The lowest BCUT2D eigenvalue weighted by atomic mass is 10.1. The van der Waals surface area contributed by atoms with E-state index in [1.165, 1.54) is 12.1 Å². The minimum absolute atomic E-state index is 0.0395. The summed E-state index contributed by atoms with van der Waals surface area (Å²) in [5.41, 5.74) is 0.751. The summed E-state index contributed by atoms with van der Waals surface area (Å²) in [6.45, 7) is 4.37. The number of piperidine rings is 2. The van der Waals surface area contributed by atoms with Gasteiger partial charge in [0, 0.05) is 38.3 Å². The number of benzene rings is 1. The van der Waals surface area contributed by atoms with Gasteiger partial charge in [0.1, 0.15) is 18.2 Å². The molecule has 1 N–H and O–H groups in total. The average Bonchev–Trinajstić information content (AvgIpc) is 2.74. The molecule has 0 saturated carbocycles. The van der Waals surface area contributed by atoms with Gasteiger partial charge in [0.05, 0.1) is 24.0 Å². The minimum atomic E-state index is -0.305. The molecule has 2 aromatic rings. The number of hydrogen-bond acceptors (Lipinski definition) is 6. The third-order valence-electron chi connectivity index (χ3n) is 5.94. The van der Waals surface area contributed by atoms with Gasteiger partial charge in [0.25, 0.3) is 5.56 Å². The topological polar surface area (TPSA) is 70.8 Å². The maximum Gasteiger partial charge on any atom is 0.269 e. The summed E-state index contributed by atoms with van der Waals surface area (Å²) in [6.07, 6.45) is 4.88. The highest BCUT2D eigenvalue weighted by Gasteiger charge is 2.24. The first-order valence-electron chi connectivity index (χ1n) is 10.7. The van der Waals surface area contributed by atoms with E-state index in [0.29, 0.717) is 12.4 Å². The molecular formula is C22H29FN4O3. The summed E-state index contributed by atoms with van der Waals surface area (Å²) < 4.78 is 20.5. The molecular weight excluding hydrogens is 387 g/mol. The van der Waals surface area contributed by atoms with Crippen molar-refractivity contribution in [2.75, 3.05) is 44.2 Å². The van der Waals surface area contributed by atoms with Crippen LogP contribution in [0.1, 0.15) is 31.7 Å². The Morgan fingerprint density at radius 1 is 1.17 bits per heavy atom. The quantitative estimate of drug-likeness (QED) is 0.777. The summed E-state index contributed by atoms with van der Waals surface area (Å²) in [5, 5.41) is 14.1. The van der Waals surface area contributed by atoms with Crippen LogP contribution < -0.4 is 15.2 Å². The van der Waals surface area contributed by atoms with Crippen molar-refractivity contribution in [3.8, 4) is 5.75 Å². The normalized spacial score (nSPS) is 21.0. The number of aliphatic hydroxyl groups is 1. The van der Waals surface area contributed by atoms with Gasteiger partial charge in [-0.25, -0.2) is 9.07 Å². The first-order valence-corrected chi connectivity index (χ1v) is 10.7. The van der Waals surface area contributed by atoms with Crippen molar-refractivity contribution in [2.24, 2.45) is 0 Å². The summed E-state index contributed by atoms with van der Waals surface area (Å²) in [6, 6.07) is 7.86. The van der Waals surface area contributed by atoms with Crippen molar-refractivity contribution in [1.82, 2.24) is 14.7 Å². The van der Waals surface area contributed by atoms with Crippen molar-refractivity contribution < 1.29 is 14.2 Å². The fraction of sp³-hybridized carbons (Fsp3) is 0.545. The van der Waals surface area contributed by atoms with Crippen LogP contribution in [0.4, 0.5) is 10.1 Å². The molecule has 0 amide bonds. The predicted molar refractivity (Wildman–Crippen MR) is 113 cm³/mol. The molecule has 1 aromatic heterocycles. The van der Waals surface area contributed by atoms with E-state index in [1.807, 2.05) is 0 Å². The second-order valence-corrected chi connectivity index (χ2v) is 8.12. The second kappa shape index (κ2) is 9.57. The fourth-order valence-electron chi connectivity index (χ4n) is 4.26. The lowest BCUT2D eigenvalue weighted by Crippen LogP contribution is -2.42. The fourth-order valence-corrected chi connectivity index (χ4v) is 4.26. The van der Waals surface area contributed by atoms with E-state index in [9.17, 15) is 14.3 Å². The van der Waals surface area contributed by atoms with Gasteiger partial charge in [-0.15, -0.1) is 0 Å². The van der Waals surface area contributed by atoms with E-state index in [-0.39, 0.29) is 23.5 Å². The molecule has 7 nitrogen and oxygen atoms in total. The number of nitrogens with zero attached hydrogens (tertiary/aromatic N) is 4. The molecule has 1 atom stereocenters. The molecule has 0 spiro atoms. The molecule has 30 heavy (non-hydrogen) atoms. The monoisotopic (exact) mass is 416 g/mol. The third-order valence-corrected chi connectivity index (χ3v) is 5.94. The van der Waals surface area contributed by atoms with E-state index in [4.69, 9.17) is 4.74 Å². The number of halogens is 1. The van der Waals surface area contributed by atoms with E-state index in [1.54, 1.807) is 29.1 Å². The van der Waals surface area contributed by atoms with Gasteiger partial charge in [-0.1, -0.05) is 6.07 Å². The van der Waals surface area contributed by atoms with Gasteiger partial charge in [0.15, 0.2) is 0 Å². The zero-order chi connectivity index (χ0) is 20.9. The van der Waals surface area contributed by atoms with Crippen LogP contribution in [0.25, 0.3) is 0 Å². The van der Waals surface area contributed by atoms with Crippen LogP contribution >= 0.6 is 0 Å². The number of aliphatic hydroxyl groups excluding tert-OH is 1. The van der Waals surface area contributed by atoms with Crippen LogP contribution in [0.2, 0.25) is 0 Å². The van der Waals surface area contributed by atoms with E-state index < -0.39 is 0 Å². The number of anilines is 1. The summed E-state index contributed by atoms with van der Waals surface area (Å²) in [7, 11) is 0. The summed E-state index contributed by atoms with van der Waals surface area (Å²) in [5.74, 6) is 0.224. The van der Waals surface area contributed by atoms with Gasteiger partial charge < -0.3 is 14.7 Å². The molecule has 2 saturated heterocycles. The van der Waals surface area contributed by atoms with Gasteiger partial charge >= 0.3 is 0 Å². The molecule has 2 aliphatic heterocycles. The van der Waals surface area contributed by atoms with Crippen LogP contribution in [0.15, 0.2) is 41.3 Å². The van der Waals surface area contributed by atoms with Crippen molar-refractivity contribution in [1.29, 1.82) is 0 Å². The lowest BCUT2D eigenvalue weighted by Gasteiger charge is -2.33. The van der Waals surface area contributed by atoms with Crippen molar-refractivity contribution in [3.63, 3.8) is 0 Å². The highest BCUT2D eigenvalue weighted by molar-refractivity contribution is 5.43. The maximum atomic E-state index is 13.2. The zero-order valence-corrected chi connectivity index (χ0v) is 17.1. The Balaban J connectivity index is 1.33. The molecule has 162 valence electrons. The largest absolute Gasteiger partial charge is 0.492 e. The highest BCUT2D eigenvalue weighted by Crippen LogP contribution is 2.21. The summed E-state index contributed by atoms with van der Waals surface area (Å²) >= 11 is 0. The Morgan fingerprint density at radius 3 is 2.77 bits per heavy atom. The lowest BCUT2D eigenvalue weighted by molar-refractivity contribution is 0.141. The summed E-state index contributed by atoms with van der Waals surface area (Å²) in [4.78, 5) is 17.1. The van der Waals surface area contributed by atoms with Crippen LogP contribution in [0, 0.1) is 5.82 Å². The SMILES string of the molecule is O=c1cc(N2CCC(O)CC2)cnn1[C@@H]1CCCN(CCOc2cccc(F)c2)C1. The molecule has 0 unspecified atom stereocenters. The molecule has 3 heterocycles. The van der Waals surface area contributed by atoms with Gasteiger partial charge in [-0.05, 0) is 44.4 Å². The number of hydrogen-bond donors (Lipinski definition) is 1. The van der Waals surface area contributed by atoms with Gasteiger partial charge in [0.2, 0.25) is 0 Å². The van der Waals surface area contributed by atoms with Crippen LogP contribution in [0.3, 0.4) is 0 Å². The Kier molecular flexibility index (Phi) is 6.64. The molecule has 4 rings (SSSR count). The first kappa shape index (κ1) is 20.8. The second-order valence-electron chi connectivity index (χ2n) is 8.12. The highest BCUT2D eigenvalue weighted by atomic mass is 19.1. The van der Waals surface area contributed by atoms with E-state index >= 15 is 0 Å². The smallest absolute Gasteiger partial charge is 0.269 e. The predicted octanol–water partition coefficient (Wildman–Crippen LogP) is 2.06. The Hall–Kier alpha value is -2.45. The number of rotatable bonds is 6. The number of aromatic nitrogens is 2. The molecule has 2 aliphatic rings. The molecule has 1 aromatic carbocycles. The Labute approximate surface area is 175 Å². The van der Waals surface area contributed by atoms with Crippen molar-refractivity contribution >= 4 is 5.69 Å². The maximum absolute atomic E-state index is 13.2. The Bertz CT molecular complexity index is 898. The van der Waals surface area contributed by atoms with Gasteiger partial charge in [-0.2, -0.15) is 5.10 Å². The first-order chi connectivity index (χ1) is 14.6. The molecule has 2 fully saturated rings. The number of likely N-dealkylation sites (tertiary alicyclic amines) is 1. The zero-order valence-electron chi connectivity index (χ0n) is 17.1. The molecule has 0 bridgehead atoms. The van der Waals surface area contributed by atoms with Crippen LogP contribution in [-0.4, -0.2) is 65.2 Å². The van der Waals surface area contributed by atoms with Crippen LogP contribution in [-0.2, 0) is 0 Å². The van der Waals surface area contributed by atoms with Crippen molar-refractivity contribution in [2.45, 2.75) is 37.8 Å². The standard InChI is InChI=1S/C22H29FN4O3/c23-17-3-1-5-21(13-17)30-12-11-25-8-2-4-18(16-25)27-22(29)14-19(15-24-27)26-9-6-20(28)7-10-26/h1,3,5,13-15,18,20,28H,2,4,6-12,16H2/t18-/m1/s1. The third kappa shape index (κ3) is 5.17. The van der Waals surface area contributed by atoms with E-state index in [2.05, 4.69) is 14.9 Å². The van der Waals surface area contributed by atoms with Gasteiger partial charge in [-0.3, -0.25) is 9.69 Å². The molecule has 8 heteroatoms. The average molecular weight is 416 g/mol. The Morgan fingerprint density at radius 2 is 2.00 bits per heavy atom. The van der Waals surface area contributed by atoms with Crippen LogP contribution in [0.5, 0.6) is 5.75 Å². The van der Waals surface area contributed by atoms with E-state index in [0.717, 1.165) is 64.1 Å². The number of ether oxygens (including phenoxy) is 1.